The number of hydrogen-bond acceptors (Lipinski definition) is 3. The Morgan fingerprint density at radius 2 is 2.00 bits per heavy atom. The monoisotopic (exact) mass is 260 g/mol. The molecule has 4 heteroatoms. The molecule has 0 spiro atoms. The third-order valence-corrected chi connectivity index (χ3v) is 4.03. The predicted octanol–water partition coefficient (Wildman–Crippen LogP) is 0.759. The summed E-state index contributed by atoms with van der Waals surface area (Å²) < 4.78 is 0. The average molecular weight is 260 g/mol. The summed E-state index contributed by atoms with van der Waals surface area (Å²) in [4.78, 5) is 13.8. The lowest BCUT2D eigenvalue weighted by Crippen LogP contribution is -2.64. The van der Waals surface area contributed by atoms with Crippen molar-refractivity contribution in [3.63, 3.8) is 0 Å². The highest BCUT2D eigenvalue weighted by atomic mass is 16.3. The quantitative estimate of drug-likeness (QED) is 0.822. The molecule has 102 valence electrons. The Balaban J connectivity index is 1.38. The minimum atomic E-state index is -0.500. The standard InChI is InChI=1S/C15H20N2O2/c18-14(16-8-12-4-2-1-3-5-12)9-17-10-15(19,11-17)13-6-7-13/h1-5,13,19H,6-11H2,(H,16,18). The van der Waals surface area contributed by atoms with Gasteiger partial charge in [-0.2, -0.15) is 0 Å². The number of nitrogens with one attached hydrogen (secondary N) is 1. The Morgan fingerprint density at radius 1 is 1.32 bits per heavy atom. The molecule has 0 radical (unpaired) electrons. The van der Waals surface area contributed by atoms with E-state index in [9.17, 15) is 9.90 Å². The minimum absolute atomic E-state index is 0.0294. The van der Waals surface area contributed by atoms with Gasteiger partial charge in [-0.1, -0.05) is 30.3 Å². The van der Waals surface area contributed by atoms with Crippen molar-refractivity contribution >= 4 is 5.91 Å². The third-order valence-electron chi connectivity index (χ3n) is 4.03. The topological polar surface area (TPSA) is 52.6 Å². The van der Waals surface area contributed by atoms with Crippen molar-refractivity contribution in [3.8, 4) is 0 Å². The van der Waals surface area contributed by atoms with Gasteiger partial charge in [0.15, 0.2) is 0 Å². The number of hydrogen-bond donors (Lipinski definition) is 2. The van der Waals surface area contributed by atoms with Crippen molar-refractivity contribution in [2.45, 2.75) is 25.0 Å². The van der Waals surface area contributed by atoms with Crippen molar-refractivity contribution in [3.05, 3.63) is 35.9 Å². The highest BCUT2D eigenvalue weighted by Gasteiger charge is 2.51. The zero-order valence-corrected chi connectivity index (χ0v) is 11.0. The van der Waals surface area contributed by atoms with Crippen LogP contribution in [0.2, 0.25) is 0 Å². The first kappa shape index (κ1) is 12.6. The summed E-state index contributed by atoms with van der Waals surface area (Å²) in [5, 5.41) is 13.1. The van der Waals surface area contributed by atoms with Crippen LogP contribution in [0, 0.1) is 5.92 Å². The highest BCUT2D eigenvalue weighted by Crippen LogP contribution is 2.44. The van der Waals surface area contributed by atoms with Gasteiger partial charge in [0.2, 0.25) is 5.91 Å². The Bertz CT molecular complexity index is 450. The molecule has 3 rings (SSSR count). The van der Waals surface area contributed by atoms with E-state index in [1.807, 2.05) is 35.2 Å². The number of nitrogens with zero attached hydrogens (tertiary/aromatic N) is 1. The number of benzene rings is 1. The van der Waals surface area contributed by atoms with Crippen LogP contribution in [-0.4, -0.2) is 41.1 Å². The first-order chi connectivity index (χ1) is 9.16. The summed E-state index contributed by atoms with van der Waals surface area (Å²) in [6.07, 6.45) is 2.29. The van der Waals surface area contributed by atoms with Gasteiger partial charge in [-0.05, 0) is 24.3 Å². The molecule has 2 fully saturated rings. The molecule has 0 unspecified atom stereocenters. The van der Waals surface area contributed by atoms with Crippen LogP contribution in [0.3, 0.4) is 0 Å². The fourth-order valence-corrected chi connectivity index (χ4v) is 2.77. The molecule has 0 atom stereocenters. The number of amides is 1. The van der Waals surface area contributed by atoms with Crippen LogP contribution < -0.4 is 5.32 Å². The smallest absolute Gasteiger partial charge is 0.234 e. The van der Waals surface area contributed by atoms with Crippen molar-refractivity contribution in [1.82, 2.24) is 10.2 Å². The number of β-amino-alcohol motifs (C(OH)–C–C–N with tert-alkyl or cyclic N) is 1. The number of rotatable bonds is 5. The third kappa shape index (κ3) is 2.96. The predicted molar refractivity (Wildman–Crippen MR) is 72.4 cm³/mol. The second-order valence-electron chi connectivity index (χ2n) is 5.79. The summed E-state index contributed by atoms with van der Waals surface area (Å²) in [6, 6.07) is 9.88. The fourth-order valence-electron chi connectivity index (χ4n) is 2.77. The average Bonchev–Trinajstić information content (AvgIpc) is 3.20. The number of likely N-dealkylation sites (tertiary alicyclic amines) is 1. The molecule has 1 aromatic rings. The van der Waals surface area contributed by atoms with E-state index in [2.05, 4.69) is 5.32 Å². The Labute approximate surface area is 113 Å². The Morgan fingerprint density at radius 3 is 2.63 bits per heavy atom. The zero-order valence-electron chi connectivity index (χ0n) is 11.0. The van der Waals surface area contributed by atoms with Gasteiger partial charge in [-0.25, -0.2) is 0 Å². The molecule has 2 aliphatic rings. The van der Waals surface area contributed by atoms with E-state index in [4.69, 9.17) is 0 Å². The van der Waals surface area contributed by atoms with Gasteiger partial charge in [-0.3, -0.25) is 9.69 Å². The second-order valence-corrected chi connectivity index (χ2v) is 5.79. The first-order valence-corrected chi connectivity index (χ1v) is 6.91. The van der Waals surface area contributed by atoms with E-state index in [0.29, 0.717) is 32.1 Å². The molecule has 1 amide bonds. The Kier molecular flexibility index (Phi) is 3.29. The zero-order chi connectivity index (χ0) is 13.3. The number of aliphatic hydroxyl groups is 1. The van der Waals surface area contributed by atoms with Crippen LogP contribution in [-0.2, 0) is 11.3 Å². The molecule has 1 aliphatic heterocycles. The molecule has 1 heterocycles. The largest absolute Gasteiger partial charge is 0.387 e. The Hall–Kier alpha value is -1.39. The van der Waals surface area contributed by atoms with Crippen molar-refractivity contribution in [2.24, 2.45) is 5.92 Å². The first-order valence-electron chi connectivity index (χ1n) is 6.91. The summed E-state index contributed by atoms with van der Waals surface area (Å²) >= 11 is 0. The van der Waals surface area contributed by atoms with Crippen LogP contribution in [0.5, 0.6) is 0 Å². The highest BCUT2D eigenvalue weighted by molar-refractivity contribution is 5.78. The number of carbonyl (C=O) groups excluding carboxylic acids is 1. The van der Waals surface area contributed by atoms with Gasteiger partial charge >= 0.3 is 0 Å². The SMILES string of the molecule is O=C(CN1CC(O)(C2CC2)C1)NCc1ccccc1. The van der Waals surface area contributed by atoms with E-state index in [1.54, 1.807) is 0 Å². The normalized spacial score (nSPS) is 21.7. The maximum atomic E-state index is 11.8. The van der Waals surface area contributed by atoms with Gasteiger partial charge in [0, 0.05) is 19.6 Å². The molecular formula is C15H20N2O2. The lowest BCUT2D eigenvalue weighted by molar-refractivity contribution is -0.136. The van der Waals surface area contributed by atoms with E-state index in [0.717, 1.165) is 18.4 Å². The van der Waals surface area contributed by atoms with Gasteiger partial charge in [0.1, 0.15) is 0 Å². The number of carbonyl (C=O) groups is 1. The van der Waals surface area contributed by atoms with E-state index in [1.165, 1.54) is 0 Å². The van der Waals surface area contributed by atoms with Gasteiger partial charge in [-0.15, -0.1) is 0 Å². The minimum Gasteiger partial charge on any atom is -0.387 e. The summed E-state index contributed by atoms with van der Waals surface area (Å²) in [6.45, 7) is 2.26. The lowest BCUT2D eigenvalue weighted by Gasteiger charge is -2.46. The molecule has 1 aliphatic carbocycles. The van der Waals surface area contributed by atoms with Crippen LogP contribution in [0.1, 0.15) is 18.4 Å². The summed E-state index contributed by atoms with van der Waals surface area (Å²) in [5.41, 5.74) is 0.605. The molecule has 19 heavy (non-hydrogen) atoms. The molecule has 4 nitrogen and oxygen atoms in total. The van der Waals surface area contributed by atoms with Gasteiger partial charge in [0.05, 0.1) is 12.1 Å². The molecule has 1 aromatic carbocycles. The summed E-state index contributed by atoms with van der Waals surface area (Å²) in [5.74, 6) is 0.512. The molecule has 1 saturated heterocycles. The van der Waals surface area contributed by atoms with Crippen LogP contribution >= 0.6 is 0 Å². The van der Waals surface area contributed by atoms with Crippen molar-refractivity contribution in [1.29, 1.82) is 0 Å². The molecule has 0 bridgehead atoms. The molecule has 1 saturated carbocycles. The van der Waals surface area contributed by atoms with Gasteiger partial charge < -0.3 is 10.4 Å². The fraction of sp³-hybridized carbons (Fsp3) is 0.533. The van der Waals surface area contributed by atoms with Crippen LogP contribution in [0.15, 0.2) is 30.3 Å². The maximum Gasteiger partial charge on any atom is 0.234 e. The second kappa shape index (κ2) is 4.94. The van der Waals surface area contributed by atoms with E-state index < -0.39 is 5.60 Å². The van der Waals surface area contributed by atoms with Crippen LogP contribution in [0.25, 0.3) is 0 Å². The van der Waals surface area contributed by atoms with Crippen LogP contribution in [0.4, 0.5) is 0 Å². The van der Waals surface area contributed by atoms with Crippen molar-refractivity contribution in [2.75, 3.05) is 19.6 Å². The van der Waals surface area contributed by atoms with E-state index >= 15 is 0 Å². The van der Waals surface area contributed by atoms with Gasteiger partial charge in [0.25, 0.3) is 0 Å². The maximum absolute atomic E-state index is 11.8. The molecular weight excluding hydrogens is 240 g/mol. The molecule has 2 N–H and O–H groups in total. The summed E-state index contributed by atoms with van der Waals surface area (Å²) in [7, 11) is 0. The molecule has 0 aromatic heterocycles. The van der Waals surface area contributed by atoms with Crippen molar-refractivity contribution < 1.29 is 9.90 Å². The lowest BCUT2D eigenvalue weighted by atomic mass is 9.89. The van der Waals surface area contributed by atoms with E-state index in [-0.39, 0.29) is 5.91 Å².